The van der Waals surface area contributed by atoms with E-state index >= 15 is 0 Å². The molecule has 0 fully saturated rings. The molecule has 0 aliphatic rings. The van der Waals surface area contributed by atoms with Gasteiger partial charge in [-0.05, 0) is 28.8 Å². The van der Waals surface area contributed by atoms with Crippen LogP contribution in [0.25, 0.3) is 0 Å². The summed E-state index contributed by atoms with van der Waals surface area (Å²) in [5.74, 6) is 0. The first kappa shape index (κ1) is 23.6. The highest BCUT2D eigenvalue weighted by Crippen LogP contribution is 2.34. The van der Waals surface area contributed by atoms with Crippen molar-refractivity contribution in [3.8, 4) is 0 Å². The summed E-state index contributed by atoms with van der Waals surface area (Å²) in [6.07, 6.45) is 0. The summed E-state index contributed by atoms with van der Waals surface area (Å²) >= 11 is 0. The second kappa shape index (κ2) is 11.6. The van der Waals surface area contributed by atoms with Crippen LogP contribution in [-0.4, -0.2) is 17.0 Å². The minimum atomic E-state index is -0.356. The molecular formula is C28H27N5O2. The highest BCUT2D eigenvalue weighted by molar-refractivity contribution is 5.68. The third kappa shape index (κ3) is 6.74. The third-order valence-corrected chi connectivity index (χ3v) is 5.50. The first-order chi connectivity index (χ1) is 17.1. The van der Waals surface area contributed by atoms with Gasteiger partial charge in [-0.25, -0.2) is 0 Å². The molecule has 0 heterocycles. The molecule has 4 aromatic carbocycles. The van der Waals surface area contributed by atoms with Gasteiger partial charge in [0.1, 0.15) is 5.69 Å². The monoisotopic (exact) mass is 465 g/mol. The van der Waals surface area contributed by atoms with Crippen LogP contribution < -0.4 is 4.90 Å². The highest BCUT2D eigenvalue weighted by Gasteiger charge is 2.21. The summed E-state index contributed by atoms with van der Waals surface area (Å²) in [6, 6.07) is 34.8. The van der Waals surface area contributed by atoms with Gasteiger partial charge in [-0.15, -0.1) is 5.11 Å². The zero-order valence-electron chi connectivity index (χ0n) is 19.6. The van der Waals surface area contributed by atoms with Crippen molar-refractivity contribution >= 4 is 17.1 Å². The van der Waals surface area contributed by atoms with Crippen LogP contribution in [0.1, 0.15) is 16.7 Å². The molecular weight excluding hydrogens is 438 g/mol. The first-order valence-corrected chi connectivity index (χ1v) is 11.4. The van der Waals surface area contributed by atoms with Crippen LogP contribution in [0.15, 0.2) is 120 Å². The van der Waals surface area contributed by atoms with Crippen LogP contribution in [0.4, 0.5) is 17.1 Å². The van der Waals surface area contributed by atoms with Gasteiger partial charge in [0.25, 0.3) is 5.69 Å². The van der Waals surface area contributed by atoms with Crippen LogP contribution >= 0.6 is 0 Å². The number of nitro groups is 1. The van der Waals surface area contributed by atoms with Crippen molar-refractivity contribution in [2.45, 2.75) is 19.6 Å². The molecule has 0 atom stereocenters. The quantitative estimate of drug-likeness (QED) is 0.145. The van der Waals surface area contributed by atoms with Crippen molar-refractivity contribution in [3.63, 3.8) is 0 Å². The fourth-order valence-electron chi connectivity index (χ4n) is 3.83. The molecule has 0 spiro atoms. The van der Waals surface area contributed by atoms with E-state index in [0.717, 1.165) is 16.7 Å². The fourth-order valence-corrected chi connectivity index (χ4v) is 3.83. The van der Waals surface area contributed by atoms with E-state index < -0.39 is 0 Å². The normalized spacial score (nSPS) is 10.9. The van der Waals surface area contributed by atoms with Crippen LogP contribution in [-0.2, 0) is 19.6 Å². The molecule has 176 valence electrons. The van der Waals surface area contributed by atoms with E-state index in [4.69, 9.17) is 0 Å². The van der Waals surface area contributed by atoms with Gasteiger partial charge in [-0.3, -0.25) is 15.1 Å². The van der Waals surface area contributed by atoms with E-state index in [1.807, 2.05) is 103 Å². The number of rotatable bonds is 10. The summed E-state index contributed by atoms with van der Waals surface area (Å²) in [4.78, 5) is 13.7. The molecule has 0 aliphatic carbocycles. The van der Waals surface area contributed by atoms with Gasteiger partial charge in [0.2, 0.25) is 0 Å². The van der Waals surface area contributed by atoms with Crippen molar-refractivity contribution in [1.29, 1.82) is 0 Å². The van der Waals surface area contributed by atoms with E-state index in [-0.39, 0.29) is 10.6 Å². The van der Waals surface area contributed by atoms with Crippen molar-refractivity contribution in [2.75, 3.05) is 11.9 Å². The van der Waals surface area contributed by atoms with Gasteiger partial charge in [-0.2, -0.15) is 0 Å². The molecule has 0 saturated heterocycles. The molecule has 4 aromatic rings. The molecule has 0 amide bonds. The molecule has 7 heteroatoms. The van der Waals surface area contributed by atoms with Crippen molar-refractivity contribution < 1.29 is 4.92 Å². The number of hydrogen-bond donors (Lipinski definition) is 0. The molecule has 0 N–H and O–H groups in total. The highest BCUT2D eigenvalue weighted by atomic mass is 16.6. The van der Waals surface area contributed by atoms with E-state index in [2.05, 4.69) is 10.3 Å². The zero-order valence-corrected chi connectivity index (χ0v) is 19.6. The summed E-state index contributed by atoms with van der Waals surface area (Å²) in [5, 5.41) is 22.2. The van der Waals surface area contributed by atoms with E-state index in [1.165, 1.54) is 6.07 Å². The summed E-state index contributed by atoms with van der Waals surface area (Å²) in [6.45, 7) is 1.67. The lowest BCUT2D eigenvalue weighted by atomic mass is 10.1. The third-order valence-electron chi connectivity index (χ3n) is 5.50. The lowest BCUT2D eigenvalue weighted by Gasteiger charge is -2.25. The molecule has 0 radical (unpaired) electrons. The zero-order chi connectivity index (χ0) is 24.5. The van der Waals surface area contributed by atoms with Crippen molar-refractivity contribution in [3.05, 3.63) is 136 Å². The standard InChI is InChI=1S/C28H27N5O2/c1-31(20-23-11-5-2-6-12-23)30-29-26-17-18-27(28(19-26)33(34)35)32(21-24-13-7-3-8-14-24)22-25-15-9-4-10-16-25/h2-19H,20-22H2,1H3. The minimum Gasteiger partial charge on any atom is -0.357 e. The predicted molar refractivity (Wildman–Crippen MR) is 138 cm³/mol. The van der Waals surface area contributed by atoms with Gasteiger partial charge >= 0.3 is 0 Å². The Morgan fingerprint density at radius 3 is 1.69 bits per heavy atom. The molecule has 0 unspecified atom stereocenters. The fraction of sp³-hybridized carbons (Fsp3) is 0.143. The second-order valence-electron chi connectivity index (χ2n) is 8.25. The van der Waals surface area contributed by atoms with Gasteiger partial charge < -0.3 is 4.90 Å². The Morgan fingerprint density at radius 1 is 0.714 bits per heavy atom. The number of hydrogen-bond acceptors (Lipinski definition) is 5. The minimum absolute atomic E-state index is 0.000903. The second-order valence-corrected chi connectivity index (χ2v) is 8.25. The molecule has 4 rings (SSSR count). The molecule has 0 saturated carbocycles. The SMILES string of the molecule is CN(Cc1ccccc1)N=Nc1ccc(N(Cc2ccccc2)Cc2ccccc2)c([N+](=O)[O-])c1. The molecule has 7 nitrogen and oxygen atoms in total. The maximum absolute atomic E-state index is 12.1. The Kier molecular flexibility index (Phi) is 7.81. The molecule has 0 aliphatic heterocycles. The summed E-state index contributed by atoms with van der Waals surface area (Å²) in [5.41, 5.74) is 4.22. The molecule has 0 bridgehead atoms. The van der Waals surface area contributed by atoms with Crippen LogP contribution in [0.5, 0.6) is 0 Å². The number of anilines is 1. The smallest absolute Gasteiger partial charge is 0.294 e. The maximum atomic E-state index is 12.1. The Morgan fingerprint density at radius 2 is 1.20 bits per heavy atom. The van der Waals surface area contributed by atoms with Gasteiger partial charge in [0, 0.05) is 26.2 Å². The lowest BCUT2D eigenvalue weighted by molar-refractivity contribution is -0.384. The number of nitro benzene ring substituents is 1. The average molecular weight is 466 g/mol. The molecule has 0 aromatic heterocycles. The van der Waals surface area contributed by atoms with Crippen molar-refractivity contribution in [2.24, 2.45) is 10.3 Å². The lowest BCUT2D eigenvalue weighted by Crippen LogP contribution is -2.23. The summed E-state index contributed by atoms with van der Waals surface area (Å²) < 4.78 is 0. The first-order valence-electron chi connectivity index (χ1n) is 11.4. The topological polar surface area (TPSA) is 74.3 Å². The van der Waals surface area contributed by atoms with Gasteiger partial charge in [0.15, 0.2) is 0 Å². The van der Waals surface area contributed by atoms with E-state index in [0.29, 0.717) is 31.0 Å². The van der Waals surface area contributed by atoms with Crippen LogP contribution in [0.3, 0.4) is 0 Å². The van der Waals surface area contributed by atoms with Crippen LogP contribution in [0.2, 0.25) is 0 Å². The maximum Gasteiger partial charge on any atom is 0.294 e. The number of benzene rings is 4. The predicted octanol–water partition coefficient (Wildman–Crippen LogP) is 6.93. The Hall–Kier alpha value is -4.52. The van der Waals surface area contributed by atoms with E-state index in [1.54, 1.807) is 17.1 Å². The van der Waals surface area contributed by atoms with Crippen LogP contribution in [0, 0.1) is 10.1 Å². The Labute approximate surface area is 205 Å². The van der Waals surface area contributed by atoms with E-state index in [9.17, 15) is 10.1 Å². The Balaban J connectivity index is 1.59. The largest absolute Gasteiger partial charge is 0.357 e. The van der Waals surface area contributed by atoms with Crippen molar-refractivity contribution in [1.82, 2.24) is 5.01 Å². The Bertz CT molecular complexity index is 1220. The van der Waals surface area contributed by atoms with Gasteiger partial charge in [-0.1, -0.05) is 96.2 Å². The van der Waals surface area contributed by atoms with Gasteiger partial charge in [0.05, 0.1) is 17.2 Å². The summed E-state index contributed by atoms with van der Waals surface area (Å²) in [7, 11) is 1.82. The average Bonchev–Trinajstić information content (AvgIpc) is 2.89. The molecule has 35 heavy (non-hydrogen) atoms. The number of nitrogens with zero attached hydrogens (tertiary/aromatic N) is 5.